The number of carbonyl (C=O) groups is 2. The molecular formula is C37H45N3O7S. The summed E-state index contributed by atoms with van der Waals surface area (Å²) in [4.78, 5) is 25.9. The summed E-state index contributed by atoms with van der Waals surface area (Å²) in [7, 11) is -3.74. The van der Waals surface area contributed by atoms with E-state index in [1.807, 2.05) is 69.3 Å². The molecule has 256 valence electrons. The Morgan fingerprint density at radius 2 is 1.71 bits per heavy atom. The maximum absolute atomic E-state index is 14.0. The average molecular weight is 676 g/mol. The Bertz CT molecular complexity index is 1790. The first-order chi connectivity index (χ1) is 22.9. The first kappa shape index (κ1) is 35.0. The molecule has 3 aromatic carbocycles. The van der Waals surface area contributed by atoms with E-state index in [2.05, 4.69) is 6.07 Å². The number of nitriles is 1. The summed E-state index contributed by atoms with van der Waals surface area (Å²) in [6.45, 7) is 8.72. The monoisotopic (exact) mass is 675 g/mol. The minimum atomic E-state index is -3.74. The van der Waals surface area contributed by atoms with Crippen molar-refractivity contribution in [1.29, 1.82) is 5.26 Å². The highest BCUT2D eigenvalue weighted by molar-refractivity contribution is 7.92. The fraction of sp³-hybridized carbons (Fsp3) is 0.486. The molecule has 2 heterocycles. The third-order valence-electron chi connectivity index (χ3n) is 8.65. The smallest absolute Gasteiger partial charge is 0.410 e. The second kappa shape index (κ2) is 14.9. The molecule has 48 heavy (non-hydrogen) atoms. The zero-order valence-corrected chi connectivity index (χ0v) is 29.1. The van der Waals surface area contributed by atoms with Crippen molar-refractivity contribution in [1.82, 2.24) is 4.90 Å². The minimum absolute atomic E-state index is 0.0492. The van der Waals surface area contributed by atoms with E-state index in [4.69, 9.17) is 14.2 Å². The number of amides is 1. The van der Waals surface area contributed by atoms with Crippen molar-refractivity contribution in [2.24, 2.45) is 0 Å². The molecule has 0 radical (unpaired) electrons. The van der Waals surface area contributed by atoms with Crippen LogP contribution in [0.1, 0.15) is 89.0 Å². The third-order valence-corrected chi connectivity index (χ3v) is 10.5. The standard InChI is InChI=1S/C37H45N3O7S/c1-5-45-35(41)9-7-6-8-20-48(43,44)40-33-15-14-32(46-31-16-18-39(19-17-31)36(42)47-37(2,3)4)23-30(33)24-34(40)28-13-12-27-11-10-26(25-38)21-29(27)22-28/h10-15,21-23,31,34H,5-9,16-20,24H2,1-4H3. The van der Waals surface area contributed by atoms with Crippen molar-refractivity contribution in [3.05, 3.63) is 71.3 Å². The summed E-state index contributed by atoms with van der Waals surface area (Å²) in [6, 6.07) is 18.7. The molecule has 1 atom stereocenters. The van der Waals surface area contributed by atoms with Gasteiger partial charge < -0.3 is 19.1 Å². The molecule has 3 aromatic rings. The van der Waals surface area contributed by atoms with Gasteiger partial charge in [0.05, 0.1) is 35.7 Å². The molecule has 11 heteroatoms. The van der Waals surface area contributed by atoms with Crippen LogP contribution in [0.15, 0.2) is 54.6 Å². The Morgan fingerprint density at radius 3 is 2.42 bits per heavy atom. The topological polar surface area (TPSA) is 126 Å². The normalized spacial score (nSPS) is 16.8. The maximum atomic E-state index is 14.0. The van der Waals surface area contributed by atoms with Crippen LogP contribution in [0.3, 0.4) is 0 Å². The second-order valence-corrected chi connectivity index (χ2v) is 15.4. The number of likely N-dealkylation sites (tertiary alicyclic amines) is 1. The van der Waals surface area contributed by atoms with Crippen molar-refractivity contribution in [2.45, 2.75) is 90.4 Å². The number of hydrogen-bond acceptors (Lipinski definition) is 8. The van der Waals surface area contributed by atoms with Crippen molar-refractivity contribution in [3.8, 4) is 11.8 Å². The van der Waals surface area contributed by atoms with Gasteiger partial charge in [-0.25, -0.2) is 13.2 Å². The summed E-state index contributed by atoms with van der Waals surface area (Å²) < 4.78 is 46.5. The second-order valence-electron chi connectivity index (χ2n) is 13.5. The first-order valence-electron chi connectivity index (χ1n) is 16.8. The number of sulfonamides is 1. The molecule has 2 aliphatic heterocycles. The van der Waals surface area contributed by atoms with E-state index in [1.54, 1.807) is 22.2 Å². The van der Waals surface area contributed by atoms with Crippen LogP contribution in [0.5, 0.6) is 5.75 Å². The summed E-state index contributed by atoms with van der Waals surface area (Å²) >= 11 is 0. The molecule has 1 amide bonds. The average Bonchev–Trinajstić information content (AvgIpc) is 3.43. The van der Waals surface area contributed by atoms with Crippen molar-refractivity contribution < 1.29 is 32.2 Å². The van der Waals surface area contributed by atoms with Gasteiger partial charge in [-0.3, -0.25) is 9.10 Å². The summed E-state index contributed by atoms with van der Waals surface area (Å²) in [5.41, 5.74) is 2.34. The number of unbranched alkanes of at least 4 members (excludes halogenated alkanes) is 2. The molecule has 1 unspecified atom stereocenters. The highest BCUT2D eigenvalue weighted by Crippen LogP contribution is 2.45. The van der Waals surface area contributed by atoms with Crippen molar-refractivity contribution in [3.63, 3.8) is 0 Å². The Labute approximate surface area is 283 Å². The number of nitrogens with zero attached hydrogens (tertiary/aromatic N) is 3. The zero-order valence-electron chi connectivity index (χ0n) is 28.2. The molecule has 0 spiro atoms. The Kier molecular flexibility index (Phi) is 10.8. The lowest BCUT2D eigenvalue weighted by Crippen LogP contribution is -2.44. The van der Waals surface area contributed by atoms with Crippen LogP contribution in [0.4, 0.5) is 10.5 Å². The van der Waals surface area contributed by atoms with Gasteiger partial charge in [-0.05, 0) is 98.8 Å². The predicted octanol–water partition coefficient (Wildman–Crippen LogP) is 7.05. The van der Waals surface area contributed by atoms with Gasteiger partial charge in [0.15, 0.2) is 0 Å². The number of rotatable bonds is 11. The number of carbonyl (C=O) groups excluding carboxylic acids is 2. The predicted molar refractivity (Wildman–Crippen MR) is 184 cm³/mol. The van der Waals surface area contributed by atoms with E-state index < -0.39 is 21.7 Å². The van der Waals surface area contributed by atoms with Gasteiger partial charge in [-0.2, -0.15) is 5.26 Å². The lowest BCUT2D eigenvalue weighted by Gasteiger charge is -2.33. The van der Waals surface area contributed by atoms with E-state index in [9.17, 15) is 23.3 Å². The summed E-state index contributed by atoms with van der Waals surface area (Å²) in [5, 5.41) is 11.3. The van der Waals surface area contributed by atoms with Gasteiger partial charge in [-0.15, -0.1) is 0 Å². The molecule has 1 saturated heterocycles. The quantitative estimate of drug-likeness (QED) is 0.156. The molecule has 10 nitrogen and oxygen atoms in total. The van der Waals surface area contributed by atoms with Crippen LogP contribution in [-0.2, 0) is 30.7 Å². The maximum Gasteiger partial charge on any atom is 0.410 e. The fourth-order valence-electron chi connectivity index (χ4n) is 6.35. The van der Waals surface area contributed by atoms with Crippen molar-refractivity contribution in [2.75, 3.05) is 29.8 Å². The van der Waals surface area contributed by atoms with Crippen LogP contribution in [-0.4, -0.2) is 62.5 Å². The van der Waals surface area contributed by atoms with Gasteiger partial charge in [-0.1, -0.05) is 24.6 Å². The lowest BCUT2D eigenvalue weighted by molar-refractivity contribution is -0.143. The van der Waals surface area contributed by atoms with E-state index in [1.165, 1.54) is 0 Å². The van der Waals surface area contributed by atoms with E-state index in [0.717, 1.165) is 21.9 Å². The molecule has 0 aliphatic carbocycles. The molecule has 0 N–H and O–H groups in total. The van der Waals surface area contributed by atoms with Crippen molar-refractivity contribution >= 4 is 38.5 Å². The minimum Gasteiger partial charge on any atom is -0.490 e. The van der Waals surface area contributed by atoms with Crippen LogP contribution in [0.2, 0.25) is 0 Å². The Balaban J connectivity index is 1.34. The molecule has 0 bridgehead atoms. The van der Waals surface area contributed by atoms with E-state index in [-0.39, 0.29) is 30.3 Å². The molecule has 2 aliphatic rings. The number of fused-ring (bicyclic) bond motifs is 2. The number of ether oxygens (including phenoxy) is 3. The van der Waals surface area contributed by atoms with E-state index >= 15 is 0 Å². The number of anilines is 1. The van der Waals surface area contributed by atoms with Crippen LogP contribution >= 0.6 is 0 Å². The highest BCUT2D eigenvalue weighted by Gasteiger charge is 2.39. The zero-order chi connectivity index (χ0) is 34.5. The first-order valence-corrected chi connectivity index (χ1v) is 18.4. The molecular weight excluding hydrogens is 630 g/mol. The largest absolute Gasteiger partial charge is 0.490 e. The third kappa shape index (κ3) is 8.58. The molecule has 5 rings (SSSR count). The fourth-order valence-corrected chi connectivity index (χ4v) is 8.18. The number of esters is 1. The van der Waals surface area contributed by atoms with Gasteiger partial charge >= 0.3 is 12.1 Å². The highest BCUT2D eigenvalue weighted by atomic mass is 32.2. The van der Waals surface area contributed by atoms with Gasteiger partial charge in [0.2, 0.25) is 10.0 Å². The van der Waals surface area contributed by atoms with Gasteiger partial charge in [0.1, 0.15) is 17.5 Å². The summed E-state index contributed by atoms with van der Waals surface area (Å²) in [5.74, 6) is 0.349. The van der Waals surface area contributed by atoms with Gasteiger partial charge in [0, 0.05) is 38.8 Å². The van der Waals surface area contributed by atoms with Crippen LogP contribution in [0, 0.1) is 11.3 Å². The number of piperidine rings is 1. The molecule has 1 fully saturated rings. The lowest BCUT2D eigenvalue weighted by atomic mass is 9.98. The van der Waals surface area contributed by atoms with Crippen LogP contribution in [0.25, 0.3) is 10.8 Å². The van der Waals surface area contributed by atoms with Gasteiger partial charge in [0.25, 0.3) is 0 Å². The number of benzene rings is 3. The Morgan fingerprint density at radius 1 is 0.958 bits per heavy atom. The summed E-state index contributed by atoms with van der Waals surface area (Å²) in [6.07, 6.45) is 3.25. The molecule has 0 saturated carbocycles. The number of hydrogen-bond donors (Lipinski definition) is 0. The Hall–Kier alpha value is -4.30. The molecule has 0 aromatic heterocycles. The van der Waals surface area contributed by atoms with Crippen LogP contribution < -0.4 is 9.04 Å². The van der Waals surface area contributed by atoms with E-state index in [0.29, 0.717) is 75.2 Å². The SMILES string of the molecule is CCOC(=O)CCCCCS(=O)(=O)N1c2ccc(OC3CCN(C(=O)OC(C)(C)C)CC3)cc2CC1c1ccc2ccc(C#N)cc2c1.